The molecule has 4 nitrogen and oxygen atoms in total. The number of aryl methyl sites for hydroxylation is 1. The fraction of sp³-hybridized carbons (Fsp3) is 0.750. The molecule has 1 N–H and O–H groups in total. The average Bonchev–Trinajstić information content (AvgIpc) is 2.34. The smallest absolute Gasteiger partial charge is 0.162 e. The van der Waals surface area contributed by atoms with Crippen LogP contribution in [-0.4, -0.2) is 23.6 Å². The Kier molecular flexibility index (Phi) is 4.63. The van der Waals surface area contributed by atoms with Crippen molar-refractivity contribution >= 4 is 5.82 Å². The van der Waals surface area contributed by atoms with Gasteiger partial charge >= 0.3 is 0 Å². The molecular formula is C16H27N3O. The third-order valence-corrected chi connectivity index (χ3v) is 4.22. The number of methoxy groups -OCH3 is 1. The molecular weight excluding hydrogens is 250 g/mol. The summed E-state index contributed by atoms with van der Waals surface area (Å²) in [6.45, 7) is 9.57. The van der Waals surface area contributed by atoms with Crippen molar-refractivity contribution in [2.24, 2.45) is 0 Å². The molecule has 1 aliphatic carbocycles. The number of nitrogens with zero attached hydrogens (tertiary/aromatic N) is 2. The number of aromatic nitrogens is 2. The summed E-state index contributed by atoms with van der Waals surface area (Å²) >= 11 is 0. The fourth-order valence-corrected chi connectivity index (χ4v) is 2.87. The van der Waals surface area contributed by atoms with Gasteiger partial charge in [-0.25, -0.2) is 9.97 Å². The zero-order chi connectivity index (χ0) is 14.8. The molecule has 0 unspecified atom stereocenters. The van der Waals surface area contributed by atoms with Crippen molar-refractivity contribution in [3.05, 3.63) is 17.1 Å². The summed E-state index contributed by atoms with van der Waals surface area (Å²) in [5, 5.41) is 3.46. The number of rotatable bonds is 6. The maximum absolute atomic E-state index is 5.72. The number of hydrogen-bond acceptors (Lipinski definition) is 4. The van der Waals surface area contributed by atoms with Crippen molar-refractivity contribution in [3.8, 4) is 0 Å². The van der Waals surface area contributed by atoms with E-state index in [1.54, 1.807) is 7.11 Å². The van der Waals surface area contributed by atoms with E-state index in [2.05, 4.69) is 33.0 Å². The van der Waals surface area contributed by atoms with Crippen molar-refractivity contribution in [1.29, 1.82) is 0 Å². The zero-order valence-electron chi connectivity index (χ0n) is 13.4. The number of ether oxygens (including phenoxy) is 1. The van der Waals surface area contributed by atoms with E-state index < -0.39 is 0 Å². The maximum atomic E-state index is 5.72. The predicted octanol–water partition coefficient (Wildman–Crippen LogP) is 3.76. The van der Waals surface area contributed by atoms with Crippen LogP contribution < -0.4 is 5.32 Å². The number of anilines is 1. The Morgan fingerprint density at radius 3 is 2.45 bits per heavy atom. The highest BCUT2D eigenvalue weighted by molar-refractivity contribution is 5.49. The Bertz CT molecular complexity index is 462. The van der Waals surface area contributed by atoms with E-state index in [0.717, 1.165) is 43.1 Å². The first-order valence-electron chi connectivity index (χ1n) is 7.72. The van der Waals surface area contributed by atoms with Gasteiger partial charge in [-0.3, -0.25) is 0 Å². The molecule has 1 aromatic rings. The van der Waals surface area contributed by atoms with Crippen LogP contribution in [0.4, 0.5) is 5.82 Å². The molecule has 1 heterocycles. The van der Waals surface area contributed by atoms with Gasteiger partial charge in [0.05, 0.1) is 0 Å². The summed E-state index contributed by atoms with van der Waals surface area (Å²) in [5.41, 5.74) is 2.06. The van der Waals surface area contributed by atoms with Crippen molar-refractivity contribution in [2.75, 3.05) is 19.0 Å². The Balaban J connectivity index is 2.43. The lowest BCUT2D eigenvalue weighted by molar-refractivity contribution is -0.0846. The van der Waals surface area contributed by atoms with Crippen LogP contribution in [0.1, 0.15) is 69.5 Å². The molecule has 1 aromatic heterocycles. The van der Waals surface area contributed by atoms with Gasteiger partial charge in [-0.1, -0.05) is 20.8 Å². The largest absolute Gasteiger partial charge is 0.370 e. The van der Waals surface area contributed by atoms with Gasteiger partial charge in [-0.05, 0) is 38.5 Å². The molecule has 4 heteroatoms. The lowest BCUT2D eigenvalue weighted by atomic mass is 9.79. The van der Waals surface area contributed by atoms with E-state index in [-0.39, 0.29) is 5.60 Å². The first-order valence-corrected chi connectivity index (χ1v) is 7.72. The second kappa shape index (κ2) is 6.08. The average molecular weight is 277 g/mol. The Morgan fingerprint density at radius 2 is 2.00 bits per heavy atom. The van der Waals surface area contributed by atoms with Crippen LogP contribution in [0.25, 0.3) is 0 Å². The molecule has 0 amide bonds. The topological polar surface area (TPSA) is 47.0 Å². The van der Waals surface area contributed by atoms with Gasteiger partial charge < -0.3 is 10.1 Å². The van der Waals surface area contributed by atoms with E-state index in [0.29, 0.717) is 5.92 Å². The summed E-state index contributed by atoms with van der Waals surface area (Å²) in [4.78, 5) is 9.56. The Morgan fingerprint density at radius 1 is 1.30 bits per heavy atom. The van der Waals surface area contributed by atoms with Crippen LogP contribution in [-0.2, 0) is 10.3 Å². The molecule has 0 aromatic carbocycles. The van der Waals surface area contributed by atoms with E-state index in [4.69, 9.17) is 14.7 Å². The molecule has 20 heavy (non-hydrogen) atoms. The van der Waals surface area contributed by atoms with Gasteiger partial charge in [0.25, 0.3) is 0 Å². The quantitative estimate of drug-likeness (QED) is 0.860. The third kappa shape index (κ3) is 2.66. The van der Waals surface area contributed by atoms with Gasteiger partial charge in [-0.15, -0.1) is 0 Å². The molecule has 0 saturated heterocycles. The summed E-state index contributed by atoms with van der Waals surface area (Å²) in [6.07, 6.45) is 4.33. The van der Waals surface area contributed by atoms with Crippen LogP contribution >= 0.6 is 0 Å². The van der Waals surface area contributed by atoms with E-state index in [9.17, 15) is 0 Å². The van der Waals surface area contributed by atoms with Crippen molar-refractivity contribution in [1.82, 2.24) is 9.97 Å². The van der Waals surface area contributed by atoms with Crippen LogP contribution in [0.15, 0.2) is 0 Å². The molecule has 112 valence electrons. The summed E-state index contributed by atoms with van der Waals surface area (Å²) in [7, 11) is 1.77. The fourth-order valence-electron chi connectivity index (χ4n) is 2.87. The second-order valence-corrected chi connectivity index (χ2v) is 6.03. The highest BCUT2D eigenvalue weighted by atomic mass is 16.5. The first kappa shape index (κ1) is 15.2. The van der Waals surface area contributed by atoms with Gasteiger partial charge in [0.2, 0.25) is 0 Å². The summed E-state index contributed by atoms with van der Waals surface area (Å²) in [5.74, 6) is 2.27. The Hall–Kier alpha value is -1.16. The minimum absolute atomic E-state index is 0.247. The molecule has 1 aliphatic rings. The maximum Gasteiger partial charge on any atom is 0.162 e. The van der Waals surface area contributed by atoms with E-state index in [1.807, 2.05) is 0 Å². The molecule has 1 saturated carbocycles. The van der Waals surface area contributed by atoms with E-state index >= 15 is 0 Å². The van der Waals surface area contributed by atoms with Crippen molar-refractivity contribution < 1.29 is 4.74 Å². The summed E-state index contributed by atoms with van der Waals surface area (Å²) in [6, 6.07) is 0. The molecule has 0 atom stereocenters. The van der Waals surface area contributed by atoms with Gasteiger partial charge in [0.15, 0.2) is 5.82 Å². The monoisotopic (exact) mass is 277 g/mol. The van der Waals surface area contributed by atoms with Crippen molar-refractivity contribution in [2.45, 2.75) is 64.9 Å². The molecule has 2 rings (SSSR count). The second-order valence-electron chi connectivity index (χ2n) is 6.03. The van der Waals surface area contributed by atoms with Crippen LogP contribution in [0.3, 0.4) is 0 Å². The molecule has 0 aliphatic heterocycles. The molecule has 0 spiro atoms. The highest BCUT2D eigenvalue weighted by Gasteiger charge is 2.42. The molecule has 0 radical (unpaired) electrons. The summed E-state index contributed by atoms with van der Waals surface area (Å²) < 4.78 is 5.72. The van der Waals surface area contributed by atoms with Crippen LogP contribution in [0, 0.1) is 6.92 Å². The minimum atomic E-state index is -0.247. The number of nitrogens with one attached hydrogen (secondary N) is 1. The molecule has 1 fully saturated rings. The van der Waals surface area contributed by atoms with Crippen LogP contribution in [0.5, 0.6) is 0 Å². The van der Waals surface area contributed by atoms with Crippen molar-refractivity contribution in [3.63, 3.8) is 0 Å². The van der Waals surface area contributed by atoms with Crippen LogP contribution in [0.2, 0.25) is 0 Å². The molecule has 0 bridgehead atoms. The van der Waals surface area contributed by atoms with E-state index in [1.165, 1.54) is 12.0 Å². The van der Waals surface area contributed by atoms with Gasteiger partial charge in [0, 0.05) is 24.9 Å². The number of hydrogen-bond donors (Lipinski definition) is 1. The minimum Gasteiger partial charge on any atom is -0.370 e. The lowest BCUT2D eigenvalue weighted by Gasteiger charge is -2.39. The van der Waals surface area contributed by atoms with Gasteiger partial charge in [0.1, 0.15) is 11.4 Å². The Labute approximate surface area is 122 Å². The van der Waals surface area contributed by atoms with Gasteiger partial charge in [-0.2, -0.15) is 0 Å². The highest BCUT2D eigenvalue weighted by Crippen LogP contribution is 2.43. The third-order valence-electron chi connectivity index (χ3n) is 4.22. The predicted molar refractivity (Wildman–Crippen MR) is 82.2 cm³/mol. The lowest BCUT2D eigenvalue weighted by Crippen LogP contribution is -2.38. The zero-order valence-corrected chi connectivity index (χ0v) is 13.4. The standard InChI is InChI=1S/C16H27N3O/c1-6-10-17-14-13(11(2)3)12(4)18-15(19-14)16(20-5)8-7-9-16/h11H,6-10H2,1-5H3,(H,17,18,19). The SMILES string of the molecule is CCCNc1nc(C2(OC)CCC2)nc(C)c1C(C)C. The first-order chi connectivity index (χ1) is 9.54. The normalized spacial score (nSPS) is 17.1.